The topological polar surface area (TPSA) is 90.0 Å². The molecule has 0 N–H and O–H groups in total. The Labute approximate surface area is 200 Å². The van der Waals surface area contributed by atoms with Crippen LogP contribution in [-0.4, -0.2) is 33.8 Å². The quantitative estimate of drug-likeness (QED) is 0.242. The molecule has 0 aromatic heterocycles. The van der Waals surface area contributed by atoms with Crippen LogP contribution in [-0.2, 0) is 10.0 Å². The average molecular weight is 482 g/mol. The van der Waals surface area contributed by atoms with E-state index in [0.29, 0.717) is 35.6 Å². The van der Waals surface area contributed by atoms with Crippen molar-refractivity contribution in [3.05, 3.63) is 83.4 Å². The molecule has 3 aromatic rings. The Balaban J connectivity index is 1.84. The predicted molar refractivity (Wildman–Crippen MR) is 130 cm³/mol. The van der Waals surface area contributed by atoms with Crippen molar-refractivity contribution in [3.8, 4) is 11.5 Å². The van der Waals surface area contributed by atoms with Gasteiger partial charge in [-0.2, -0.15) is 0 Å². The molecule has 0 fully saturated rings. The van der Waals surface area contributed by atoms with Gasteiger partial charge in [-0.1, -0.05) is 13.0 Å². The van der Waals surface area contributed by atoms with Crippen molar-refractivity contribution in [1.29, 1.82) is 0 Å². The third kappa shape index (κ3) is 5.46. The highest BCUT2D eigenvalue weighted by Gasteiger charge is 2.24. The molecule has 34 heavy (non-hydrogen) atoms. The number of nitrogens with zero attached hydrogens (tertiary/aromatic N) is 1. The largest absolute Gasteiger partial charge is 0.494 e. The molecule has 8 heteroatoms. The lowest BCUT2D eigenvalue weighted by molar-refractivity contribution is 0.0733. The first-order valence-corrected chi connectivity index (χ1v) is 12.3. The second-order valence-electron chi connectivity index (χ2n) is 7.57. The Morgan fingerprint density at radius 1 is 0.882 bits per heavy atom. The van der Waals surface area contributed by atoms with Gasteiger partial charge in [-0.05, 0) is 80.1 Å². The summed E-state index contributed by atoms with van der Waals surface area (Å²) in [6.07, 6.45) is 0.380. The Hall–Kier alpha value is -3.65. The second kappa shape index (κ2) is 10.5. The normalized spacial score (nSPS) is 11.1. The number of Topliss-reactive ketones (excluding diaryl/α,β-unsaturated/α-hetero) is 1. The van der Waals surface area contributed by atoms with E-state index in [2.05, 4.69) is 0 Å². The molecular formula is C26H27NO6S. The standard InChI is InChI=1S/C26H27NO6S/c1-5-25(28)19-8-12-22(13-9-19)33-26(29)24-17-23(16-7-18(24)3)34(30,31)27(4)20-10-14-21(15-11-20)32-6-2/h7-17H,5-6H2,1-4H3. The number of carbonyl (C=O) groups excluding carboxylic acids is 2. The first-order valence-electron chi connectivity index (χ1n) is 10.8. The van der Waals surface area contributed by atoms with E-state index < -0.39 is 16.0 Å². The van der Waals surface area contributed by atoms with Crippen LogP contribution in [0.5, 0.6) is 11.5 Å². The number of benzene rings is 3. The summed E-state index contributed by atoms with van der Waals surface area (Å²) < 4.78 is 38.4. The van der Waals surface area contributed by atoms with Gasteiger partial charge in [-0.3, -0.25) is 9.10 Å². The summed E-state index contributed by atoms with van der Waals surface area (Å²) in [5.74, 6) is 0.206. The van der Waals surface area contributed by atoms with Gasteiger partial charge in [0.15, 0.2) is 5.78 Å². The maximum atomic E-state index is 13.2. The average Bonchev–Trinajstić information content (AvgIpc) is 2.84. The third-order valence-corrected chi connectivity index (χ3v) is 7.09. The van der Waals surface area contributed by atoms with E-state index >= 15 is 0 Å². The van der Waals surface area contributed by atoms with Gasteiger partial charge in [0.25, 0.3) is 10.0 Å². The van der Waals surface area contributed by atoms with Gasteiger partial charge in [0, 0.05) is 19.0 Å². The van der Waals surface area contributed by atoms with Gasteiger partial charge in [0.2, 0.25) is 0 Å². The van der Waals surface area contributed by atoms with Crippen LogP contribution in [0, 0.1) is 6.92 Å². The molecule has 0 aliphatic carbocycles. The minimum Gasteiger partial charge on any atom is -0.494 e. The summed E-state index contributed by atoms with van der Waals surface area (Å²) in [4.78, 5) is 24.6. The highest BCUT2D eigenvalue weighted by molar-refractivity contribution is 7.92. The Morgan fingerprint density at radius 3 is 2.09 bits per heavy atom. The molecule has 178 valence electrons. The number of rotatable bonds is 9. The number of sulfonamides is 1. The van der Waals surface area contributed by atoms with Gasteiger partial charge in [-0.25, -0.2) is 13.2 Å². The number of carbonyl (C=O) groups is 2. The molecule has 0 bridgehead atoms. The van der Waals surface area contributed by atoms with Crippen LogP contribution >= 0.6 is 0 Å². The lowest BCUT2D eigenvalue weighted by atomic mass is 10.1. The number of aryl methyl sites for hydroxylation is 1. The van der Waals surface area contributed by atoms with Gasteiger partial charge in [-0.15, -0.1) is 0 Å². The molecule has 0 spiro atoms. The maximum absolute atomic E-state index is 13.2. The van der Waals surface area contributed by atoms with E-state index in [9.17, 15) is 18.0 Å². The third-order valence-electron chi connectivity index (χ3n) is 5.31. The van der Waals surface area contributed by atoms with Gasteiger partial charge in [0.05, 0.1) is 22.8 Å². The van der Waals surface area contributed by atoms with Crippen LogP contribution in [0.1, 0.15) is 46.5 Å². The summed E-state index contributed by atoms with van der Waals surface area (Å²) in [6, 6.07) is 17.3. The second-order valence-corrected chi connectivity index (χ2v) is 9.54. The molecular weight excluding hydrogens is 454 g/mol. The zero-order chi connectivity index (χ0) is 24.9. The Morgan fingerprint density at radius 2 is 1.50 bits per heavy atom. The molecule has 0 saturated carbocycles. The number of hydrogen-bond donors (Lipinski definition) is 0. The summed E-state index contributed by atoms with van der Waals surface area (Å²) in [7, 11) is -2.49. The monoisotopic (exact) mass is 481 g/mol. The van der Waals surface area contributed by atoms with Crippen LogP contribution in [0.4, 0.5) is 5.69 Å². The maximum Gasteiger partial charge on any atom is 0.343 e. The van der Waals surface area contributed by atoms with Crippen molar-refractivity contribution in [1.82, 2.24) is 0 Å². The smallest absolute Gasteiger partial charge is 0.343 e. The first-order chi connectivity index (χ1) is 16.2. The number of anilines is 1. The Bertz CT molecular complexity index is 1280. The fourth-order valence-corrected chi connectivity index (χ4v) is 4.49. The van der Waals surface area contributed by atoms with Crippen LogP contribution in [0.15, 0.2) is 71.6 Å². The SMILES string of the molecule is CCOc1ccc(N(C)S(=O)(=O)c2ccc(C)c(C(=O)Oc3ccc(C(=O)CC)cc3)c2)cc1. The minimum atomic E-state index is -3.93. The molecule has 0 radical (unpaired) electrons. The van der Waals surface area contributed by atoms with E-state index in [4.69, 9.17) is 9.47 Å². The summed E-state index contributed by atoms with van der Waals surface area (Å²) in [5, 5.41) is 0. The van der Waals surface area contributed by atoms with E-state index in [1.165, 1.54) is 31.3 Å². The Kier molecular flexibility index (Phi) is 7.73. The van der Waals surface area contributed by atoms with Crippen LogP contribution in [0.25, 0.3) is 0 Å². The zero-order valence-electron chi connectivity index (χ0n) is 19.6. The molecule has 7 nitrogen and oxygen atoms in total. The van der Waals surface area contributed by atoms with Crippen LogP contribution in [0.3, 0.4) is 0 Å². The van der Waals surface area contributed by atoms with Crippen LogP contribution < -0.4 is 13.8 Å². The van der Waals surface area contributed by atoms with Gasteiger partial charge < -0.3 is 9.47 Å². The predicted octanol–water partition coefficient (Wildman–Crippen LogP) is 5.03. The van der Waals surface area contributed by atoms with Crippen molar-refractivity contribution in [2.75, 3.05) is 18.0 Å². The fraction of sp³-hybridized carbons (Fsp3) is 0.231. The van der Waals surface area contributed by atoms with Crippen LogP contribution in [0.2, 0.25) is 0 Å². The molecule has 0 aliphatic heterocycles. The van der Waals surface area contributed by atoms with E-state index in [1.807, 2.05) is 6.92 Å². The van der Waals surface area contributed by atoms with Crippen molar-refractivity contribution in [3.63, 3.8) is 0 Å². The van der Waals surface area contributed by atoms with Gasteiger partial charge >= 0.3 is 5.97 Å². The van der Waals surface area contributed by atoms with Gasteiger partial charge in [0.1, 0.15) is 11.5 Å². The van der Waals surface area contributed by atoms with Crippen molar-refractivity contribution in [2.24, 2.45) is 0 Å². The van der Waals surface area contributed by atoms with E-state index in [0.717, 1.165) is 4.31 Å². The summed E-state index contributed by atoms with van der Waals surface area (Å²) in [6.45, 7) is 5.85. The first kappa shape index (κ1) is 25.0. The van der Waals surface area contributed by atoms with E-state index in [1.54, 1.807) is 56.3 Å². The zero-order valence-corrected chi connectivity index (χ0v) is 20.4. The summed E-state index contributed by atoms with van der Waals surface area (Å²) in [5.41, 5.74) is 1.69. The molecule has 3 aromatic carbocycles. The highest BCUT2D eigenvalue weighted by atomic mass is 32.2. The number of esters is 1. The number of ether oxygens (including phenoxy) is 2. The molecule has 0 heterocycles. The van der Waals surface area contributed by atoms with Crippen molar-refractivity contribution in [2.45, 2.75) is 32.1 Å². The van der Waals surface area contributed by atoms with Crippen molar-refractivity contribution < 1.29 is 27.5 Å². The number of hydrogen-bond acceptors (Lipinski definition) is 6. The molecule has 0 saturated heterocycles. The fourth-order valence-electron chi connectivity index (χ4n) is 3.27. The lowest BCUT2D eigenvalue weighted by Crippen LogP contribution is -2.27. The lowest BCUT2D eigenvalue weighted by Gasteiger charge is -2.20. The molecule has 0 atom stereocenters. The molecule has 0 unspecified atom stereocenters. The van der Waals surface area contributed by atoms with Crippen molar-refractivity contribution >= 4 is 27.5 Å². The molecule has 0 aliphatic rings. The molecule has 0 amide bonds. The minimum absolute atomic E-state index is 0.0109. The summed E-state index contributed by atoms with van der Waals surface area (Å²) >= 11 is 0. The number of ketones is 1. The molecule has 3 rings (SSSR count). The van der Waals surface area contributed by atoms with E-state index in [-0.39, 0.29) is 22.0 Å². The highest BCUT2D eigenvalue weighted by Crippen LogP contribution is 2.26.